The van der Waals surface area contributed by atoms with Crippen molar-refractivity contribution in [3.8, 4) is 0 Å². The summed E-state index contributed by atoms with van der Waals surface area (Å²) in [5.41, 5.74) is 1.08. The molecule has 29 heavy (non-hydrogen) atoms. The van der Waals surface area contributed by atoms with Gasteiger partial charge in [0.25, 0.3) is 5.91 Å². The SMILES string of the molecule is O=C(NC1=NCCS1)c1ccc(N2CCCCC2)c(S(=O)(=O)N2CCCCC2)c1. The van der Waals surface area contributed by atoms with Gasteiger partial charge < -0.3 is 10.2 Å². The van der Waals surface area contributed by atoms with Gasteiger partial charge in [0.2, 0.25) is 10.0 Å². The van der Waals surface area contributed by atoms with Crippen LogP contribution in [0.25, 0.3) is 0 Å². The van der Waals surface area contributed by atoms with Gasteiger partial charge in [-0.25, -0.2) is 8.42 Å². The van der Waals surface area contributed by atoms with E-state index in [1.165, 1.54) is 18.2 Å². The number of rotatable bonds is 4. The summed E-state index contributed by atoms with van der Waals surface area (Å²) in [7, 11) is -3.65. The predicted molar refractivity (Wildman–Crippen MR) is 117 cm³/mol. The Hall–Kier alpha value is -1.58. The average Bonchev–Trinajstić information content (AvgIpc) is 3.27. The van der Waals surface area contributed by atoms with E-state index in [4.69, 9.17) is 0 Å². The monoisotopic (exact) mass is 436 g/mol. The van der Waals surface area contributed by atoms with Crippen molar-refractivity contribution < 1.29 is 13.2 Å². The number of thioether (sulfide) groups is 1. The van der Waals surface area contributed by atoms with E-state index in [1.54, 1.807) is 22.5 Å². The molecule has 9 heteroatoms. The standard InChI is InChI=1S/C20H28N4O3S2/c25-19(22-20-21-9-14-28-20)16-7-8-17(23-10-3-1-4-11-23)18(15-16)29(26,27)24-12-5-2-6-13-24/h7-8,15H,1-6,9-14H2,(H,21,22,25). The zero-order valence-corrected chi connectivity index (χ0v) is 18.2. The zero-order valence-electron chi connectivity index (χ0n) is 16.6. The van der Waals surface area contributed by atoms with Gasteiger partial charge in [0.15, 0.2) is 5.17 Å². The number of amides is 1. The lowest BCUT2D eigenvalue weighted by atomic mass is 10.1. The van der Waals surface area contributed by atoms with Crippen molar-refractivity contribution in [2.24, 2.45) is 4.99 Å². The Kier molecular flexibility index (Phi) is 6.46. The lowest BCUT2D eigenvalue weighted by Gasteiger charge is -2.33. The van der Waals surface area contributed by atoms with E-state index in [1.807, 2.05) is 0 Å². The lowest BCUT2D eigenvalue weighted by Crippen LogP contribution is -2.38. The molecule has 3 heterocycles. The molecule has 158 valence electrons. The first kappa shape index (κ1) is 20.7. The number of carbonyl (C=O) groups excluding carboxylic acids is 1. The molecule has 2 fully saturated rings. The van der Waals surface area contributed by atoms with Crippen LogP contribution in [0, 0.1) is 0 Å². The normalized spacial score (nSPS) is 21.1. The van der Waals surface area contributed by atoms with E-state index in [-0.39, 0.29) is 10.8 Å². The number of nitrogens with zero attached hydrogens (tertiary/aromatic N) is 3. The molecule has 3 aliphatic heterocycles. The van der Waals surface area contributed by atoms with E-state index in [0.717, 1.165) is 56.6 Å². The van der Waals surface area contributed by atoms with E-state index in [2.05, 4.69) is 15.2 Å². The van der Waals surface area contributed by atoms with E-state index >= 15 is 0 Å². The van der Waals surface area contributed by atoms with Crippen molar-refractivity contribution in [3.05, 3.63) is 23.8 Å². The molecule has 0 radical (unpaired) electrons. The number of hydrogen-bond acceptors (Lipinski definition) is 6. The molecule has 0 saturated carbocycles. The third kappa shape index (κ3) is 4.62. The van der Waals surface area contributed by atoms with Crippen LogP contribution in [0.3, 0.4) is 0 Å². The number of hydrogen-bond donors (Lipinski definition) is 1. The van der Waals surface area contributed by atoms with Crippen LogP contribution in [0.15, 0.2) is 28.1 Å². The van der Waals surface area contributed by atoms with Crippen molar-refractivity contribution >= 4 is 38.5 Å². The Labute approximate surface area is 177 Å². The van der Waals surface area contributed by atoms with Crippen molar-refractivity contribution in [1.82, 2.24) is 9.62 Å². The molecule has 7 nitrogen and oxygen atoms in total. The Bertz CT molecular complexity index is 889. The van der Waals surface area contributed by atoms with Crippen LogP contribution >= 0.6 is 11.8 Å². The zero-order chi connectivity index (χ0) is 20.3. The molecular formula is C20H28N4O3S2. The van der Waals surface area contributed by atoms with Gasteiger partial charge in [-0.15, -0.1) is 0 Å². The second-order valence-corrected chi connectivity index (χ2v) is 10.7. The summed E-state index contributed by atoms with van der Waals surface area (Å²) in [5.74, 6) is 0.552. The van der Waals surface area contributed by atoms with Gasteiger partial charge in [-0.05, 0) is 50.3 Å². The van der Waals surface area contributed by atoms with Crippen LogP contribution < -0.4 is 10.2 Å². The summed E-state index contributed by atoms with van der Waals surface area (Å²) in [5, 5.41) is 3.41. The Balaban J connectivity index is 1.68. The molecule has 1 N–H and O–H groups in total. The minimum Gasteiger partial charge on any atom is -0.370 e. The summed E-state index contributed by atoms with van der Waals surface area (Å²) >= 11 is 1.51. The molecule has 0 aromatic heterocycles. The molecule has 1 amide bonds. The Morgan fingerprint density at radius 1 is 1.00 bits per heavy atom. The Morgan fingerprint density at radius 3 is 2.34 bits per heavy atom. The highest BCUT2D eigenvalue weighted by Gasteiger charge is 2.31. The quantitative estimate of drug-likeness (QED) is 0.785. The van der Waals surface area contributed by atoms with Crippen LogP contribution in [-0.4, -0.2) is 62.3 Å². The number of amidine groups is 1. The van der Waals surface area contributed by atoms with Gasteiger partial charge in [-0.2, -0.15) is 4.31 Å². The van der Waals surface area contributed by atoms with Crippen LogP contribution in [0.4, 0.5) is 5.69 Å². The molecule has 0 bridgehead atoms. The van der Waals surface area contributed by atoms with Gasteiger partial charge in [-0.1, -0.05) is 18.2 Å². The summed E-state index contributed by atoms with van der Waals surface area (Å²) < 4.78 is 28.6. The number of aliphatic imine (C=N–C) groups is 1. The lowest BCUT2D eigenvalue weighted by molar-refractivity contribution is 0.0978. The topological polar surface area (TPSA) is 82.1 Å². The van der Waals surface area contributed by atoms with Gasteiger partial charge in [0.05, 0.1) is 12.2 Å². The van der Waals surface area contributed by atoms with Crippen molar-refractivity contribution in [1.29, 1.82) is 0 Å². The third-order valence-electron chi connectivity index (χ3n) is 5.66. The summed E-state index contributed by atoms with van der Waals surface area (Å²) in [4.78, 5) is 19.4. The van der Waals surface area contributed by atoms with E-state index in [9.17, 15) is 13.2 Å². The fourth-order valence-electron chi connectivity index (χ4n) is 4.08. The molecular weight excluding hydrogens is 408 g/mol. The average molecular weight is 437 g/mol. The number of nitrogens with one attached hydrogen (secondary N) is 1. The minimum absolute atomic E-state index is 0.259. The number of benzene rings is 1. The second-order valence-electron chi connectivity index (χ2n) is 7.68. The first-order valence-electron chi connectivity index (χ1n) is 10.4. The van der Waals surface area contributed by atoms with Crippen LogP contribution in [0.1, 0.15) is 48.9 Å². The molecule has 0 aliphatic carbocycles. The third-order valence-corrected chi connectivity index (χ3v) is 8.48. The largest absolute Gasteiger partial charge is 0.370 e. The molecule has 1 aromatic rings. The van der Waals surface area contributed by atoms with Crippen LogP contribution in [-0.2, 0) is 10.0 Å². The molecule has 0 spiro atoms. The first-order chi connectivity index (χ1) is 14.1. The minimum atomic E-state index is -3.65. The number of anilines is 1. The van der Waals surface area contributed by atoms with E-state index in [0.29, 0.717) is 30.4 Å². The molecule has 3 aliphatic rings. The number of carbonyl (C=O) groups is 1. The van der Waals surface area contributed by atoms with Gasteiger partial charge in [0.1, 0.15) is 4.90 Å². The van der Waals surface area contributed by atoms with Gasteiger partial charge >= 0.3 is 0 Å². The van der Waals surface area contributed by atoms with Crippen LogP contribution in [0.5, 0.6) is 0 Å². The maximum Gasteiger partial charge on any atom is 0.257 e. The maximum absolute atomic E-state index is 13.5. The molecule has 4 rings (SSSR count). The molecule has 0 unspecified atom stereocenters. The summed E-state index contributed by atoms with van der Waals surface area (Å²) in [6, 6.07) is 5.10. The molecule has 2 saturated heterocycles. The Morgan fingerprint density at radius 2 is 1.69 bits per heavy atom. The summed E-state index contributed by atoms with van der Waals surface area (Å²) in [6.45, 7) is 3.49. The van der Waals surface area contributed by atoms with Crippen molar-refractivity contribution in [2.45, 2.75) is 43.4 Å². The maximum atomic E-state index is 13.5. The van der Waals surface area contributed by atoms with Crippen molar-refractivity contribution in [3.63, 3.8) is 0 Å². The molecule has 0 atom stereocenters. The molecule has 1 aromatic carbocycles. The number of piperidine rings is 2. The highest BCUT2D eigenvalue weighted by Crippen LogP contribution is 2.32. The highest BCUT2D eigenvalue weighted by atomic mass is 32.2. The first-order valence-corrected chi connectivity index (χ1v) is 12.9. The second kappa shape index (κ2) is 9.06. The van der Waals surface area contributed by atoms with Crippen molar-refractivity contribution in [2.75, 3.05) is 43.4 Å². The smallest absolute Gasteiger partial charge is 0.257 e. The predicted octanol–water partition coefficient (Wildman–Crippen LogP) is 2.68. The van der Waals surface area contributed by atoms with Crippen LogP contribution in [0.2, 0.25) is 0 Å². The fraction of sp³-hybridized carbons (Fsp3) is 0.600. The van der Waals surface area contributed by atoms with Gasteiger partial charge in [-0.3, -0.25) is 9.79 Å². The van der Waals surface area contributed by atoms with Gasteiger partial charge in [0, 0.05) is 37.5 Å². The fourth-order valence-corrected chi connectivity index (χ4v) is 6.56. The van der Waals surface area contributed by atoms with E-state index < -0.39 is 10.0 Å². The highest BCUT2D eigenvalue weighted by molar-refractivity contribution is 8.14. The number of sulfonamides is 1. The summed E-state index contributed by atoms with van der Waals surface area (Å²) in [6.07, 6.45) is 6.12.